The number of carbonyl (C=O) groups excluding carboxylic acids is 3. The predicted molar refractivity (Wildman–Crippen MR) is 109 cm³/mol. The summed E-state index contributed by atoms with van der Waals surface area (Å²) in [7, 11) is -7.98. The Bertz CT molecular complexity index is 1350. The average Bonchev–Trinajstić information content (AvgIpc) is 2.96. The smallest absolute Gasteiger partial charge is 0.284 e. The van der Waals surface area contributed by atoms with Gasteiger partial charge in [0.25, 0.3) is 11.8 Å². The summed E-state index contributed by atoms with van der Waals surface area (Å²) in [4.78, 5) is 38.1. The Morgan fingerprint density at radius 3 is 1.81 bits per heavy atom. The average molecular weight is 481 g/mol. The molecule has 0 aliphatic carbocycles. The van der Waals surface area contributed by atoms with E-state index in [1.807, 2.05) is 0 Å². The Balaban J connectivity index is 1.88. The number of rotatable bonds is 5. The second-order valence-corrected chi connectivity index (χ2v) is 9.62. The molecule has 1 fully saturated rings. The van der Waals surface area contributed by atoms with Gasteiger partial charge in [0.05, 0.1) is 15.5 Å². The molecule has 168 valence electrons. The van der Waals surface area contributed by atoms with E-state index in [1.54, 1.807) is 0 Å². The fourth-order valence-corrected chi connectivity index (χ4v) is 3.92. The number of sulfonamides is 2. The molecule has 0 saturated carbocycles. The van der Waals surface area contributed by atoms with Crippen molar-refractivity contribution >= 4 is 54.9 Å². The summed E-state index contributed by atoms with van der Waals surface area (Å²) in [5, 5.41) is 24.3. The highest BCUT2D eigenvalue weighted by Crippen LogP contribution is 2.27. The Labute approximate surface area is 181 Å². The van der Waals surface area contributed by atoms with E-state index in [0.717, 1.165) is 36.4 Å². The number of benzene rings is 2. The fourth-order valence-electron chi connectivity index (χ4n) is 2.89. The van der Waals surface area contributed by atoms with Crippen LogP contribution in [0.4, 0.5) is 11.4 Å². The van der Waals surface area contributed by atoms with Gasteiger partial charge >= 0.3 is 0 Å². The van der Waals surface area contributed by atoms with Gasteiger partial charge in [-0.25, -0.2) is 32.0 Å². The Kier molecular flexibility index (Phi) is 5.84. The van der Waals surface area contributed by atoms with E-state index in [1.165, 1.54) is 12.1 Å². The van der Waals surface area contributed by atoms with E-state index in [4.69, 9.17) is 10.3 Å². The lowest BCUT2D eigenvalue weighted by Crippen LogP contribution is -2.34. The Morgan fingerprint density at radius 2 is 1.38 bits per heavy atom. The van der Waals surface area contributed by atoms with Crippen LogP contribution < -0.4 is 20.5 Å². The van der Waals surface area contributed by atoms with Crippen molar-refractivity contribution in [3.63, 3.8) is 0 Å². The molecule has 15 heteroatoms. The Morgan fingerprint density at radius 1 is 0.906 bits per heavy atom. The van der Waals surface area contributed by atoms with Crippen LogP contribution in [0.5, 0.6) is 0 Å². The van der Waals surface area contributed by atoms with Gasteiger partial charge in [-0.2, -0.15) is 0 Å². The maximum absolute atomic E-state index is 12.8. The quantitative estimate of drug-likeness (QED) is 0.178. The van der Waals surface area contributed by atoms with Gasteiger partial charge in [0.2, 0.25) is 26.0 Å². The van der Waals surface area contributed by atoms with Crippen molar-refractivity contribution in [3.8, 4) is 0 Å². The van der Waals surface area contributed by atoms with Crippen molar-refractivity contribution in [1.29, 1.82) is 0 Å². The van der Waals surface area contributed by atoms with E-state index in [9.17, 15) is 36.4 Å². The first-order valence-corrected chi connectivity index (χ1v) is 11.6. The van der Waals surface area contributed by atoms with Gasteiger partial charge < -0.3 is 10.5 Å². The van der Waals surface area contributed by atoms with Crippen molar-refractivity contribution in [2.45, 2.75) is 9.79 Å². The van der Waals surface area contributed by atoms with Crippen molar-refractivity contribution in [3.05, 3.63) is 48.5 Å². The zero-order chi connectivity index (χ0) is 23.8. The highest BCUT2D eigenvalue weighted by molar-refractivity contribution is 7.89. The molecule has 32 heavy (non-hydrogen) atoms. The number of imide groups is 1. The molecule has 1 saturated heterocycles. The largest absolute Gasteiger partial charge is 0.410 e. The summed E-state index contributed by atoms with van der Waals surface area (Å²) in [6.45, 7) is 0. The lowest BCUT2D eigenvalue weighted by molar-refractivity contribution is -0.127. The molecule has 6 N–H and O–H groups in total. The summed E-state index contributed by atoms with van der Waals surface area (Å²) in [6, 6.07) is 9.01. The van der Waals surface area contributed by atoms with E-state index in [2.05, 4.69) is 10.5 Å². The number of hydrogen-bond acceptors (Lipinski definition) is 9. The Hall–Kier alpha value is -3.66. The molecule has 2 aromatic rings. The molecule has 1 unspecified atom stereocenters. The molecule has 0 spiro atoms. The molecule has 0 bridgehead atoms. The van der Waals surface area contributed by atoms with Crippen LogP contribution in [0.2, 0.25) is 0 Å². The first-order valence-electron chi connectivity index (χ1n) is 8.51. The van der Waals surface area contributed by atoms with Gasteiger partial charge in [-0.05, 0) is 48.5 Å². The zero-order valence-electron chi connectivity index (χ0n) is 15.9. The molecule has 13 nitrogen and oxygen atoms in total. The molecule has 0 radical (unpaired) electrons. The minimum atomic E-state index is -4.02. The third-order valence-electron chi connectivity index (χ3n) is 4.41. The van der Waals surface area contributed by atoms with Crippen LogP contribution >= 0.6 is 0 Å². The van der Waals surface area contributed by atoms with Crippen LogP contribution in [-0.4, -0.2) is 45.5 Å². The van der Waals surface area contributed by atoms with Crippen LogP contribution in [-0.2, 0) is 34.4 Å². The van der Waals surface area contributed by atoms with Crippen LogP contribution in [0, 0.1) is 5.92 Å². The van der Waals surface area contributed by atoms with Gasteiger partial charge in [0.1, 0.15) is 0 Å². The number of oxime groups is 1. The number of nitrogens with zero attached hydrogens (tertiary/aromatic N) is 2. The monoisotopic (exact) mass is 481 g/mol. The maximum atomic E-state index is 12.8. The number of primary sulfonamides is 2. The maximum Gasteiger partial charge on any atom is 0.284 e. The van der Waals surface area contributed by atoms with Crippen molar-refractivity contribution in [1.82, 2.24) is 0 Å². The SMILES string of the molecule is NS(=O)(=O)c1ccc(NC(=O)C2C(=O)N(c3ccc(S(N)(=O)=O)cc3)C(=O)/C2=N\O)cc1. The minimum Gasteiger partial charge on any atom is -0.410 e. The van der Waals surface area contributed by atoms with Crippen LogP contribution in [0.3, 0.4) is 0 Å². The summed E-state index contributed by atoms with van der Waals surface area (Å²) in [5.74, 6) is -4.98. The third kappa shape index (κ3) is 4.35. The first kappa shape index (κ1) is 23.0. The third-order valence-corrected chi connectivity index (χ3v) is 6.27. The van der Waals surface area contributed by atoms with Crippen molar-refractivity contribution in [2.75, 3.05) is 10.2 Å². The number of hydrogen-bond donors (Lipinski definition) is 4. The van der Waals surface area contributed by atoms with Crippen molar-refractivity contribution < 1.29 is 36.4 Å². The first-order chi connectivity index (χ1) is 14.8. The minimum absolute atomic E-state index is 0.0795. The highest BCUT2D eigenvalue weighted by Gasteiger charge is 2.50. The summed E-state index contributed by atoms with van der Waals surface area (Å²) in [5.41, 5.74) is -0.763. The number of nitrogens with one attached hydrogen (secondary N) is 1. The molecule has 1 aliphatic heterocycles. The van der Waals surface area contributed by atoms with Crippen LogP contribution in [0.15, 0.2) is 63.5 Å². The standard InChI is InChI=1S/C17H15N5O8S2/c18-31(27,28)11-5-1-9(2-6-11)20-15(23)13-14(21-26)17(25)22(16(13)24)10-3-7-12(8-4-10)32(19,29)30/h1-8,13,26H,(H,20,23)(H2,18,27,28)(H2,19,29,30)/b21-14-. The molecule has 2 aromatic carbocycles. The van der Waals surface area contributed by atoms with E-state index < -0.39 is 49.4 Å². The summed E-state index contributed by atoms with van der Waals surface area (Å²) >= 11 is 0. The van der Waals surface area contributed by atoms with E-state index in [0.29, 0.717) is 4.90 Å². The topological polar surface area (TPSA) is 219 Å². The van der Waals surface area contributed by atoms with E-state index >= 15 is 0 Å². The number of nitrogens with two attached hydrogens (primary N) is 2. The second kappa shape index (κ2) is 8.12. The molecule has 1 aliphatic rings. The number of carbonyl (C=O) groups is 3. The lowest BCUT2D eigenvalue weighted by atomic mass is 10.1. The molecule has 3 rings (SSSR count). The van der Waals surface area contributed by atoms with Gasteiger partial charge in [-0.3, -0.25) is 14.4 Å². The van der Waals surface area contributed by atoms with Crippen LogP contribution in [0.25, 0.3) is 0 Å². The zero-order valence-corrected chi connectivity index (χ0v) is 17.5. The molecular weight excluding hydrogens is 466 g/mol. The van der Waals surface area contributed by atoms with Gasteiger partial charge in [0.15, 0.2) is 11.6 Å². The van der Waals surface area contributed by atoms with Gasteiger partial charge in [0, 0.05) is 5.69 Å². The molecule has 0 aromatic heterocycles. The normalized spacial score (nSPS) is 18.2. The van der Waals surface area contributed by atoms with Gasteiger partial charge in [-0.15, -0.1) is 0 Å². The molecule has 3 amide bonds. The summed E-state index contributed by atoms with van der Waals surface area (Å²) < 4.78 is 45.3. The molecular formula is C17H15N5O8S2. The molecule has 1 heterocycles. The van der Waals surface area contributed by atoms with Crippen LogP contribution in [0.1, 0.15) is 0 Å². The number of anilines is 2. The predicted octanol–water partition coefficient (Wildman–Crippen LogP) is -1.06. The fraction of sp³-hybridized carbons (Fsp3) is 0.0588. The lowest BCUT2D eigenvalue weighted by Gasteiger charge is -2.14. The van der Waals surface area contributed by atoms with Gasteiger partial charge in [-0.1, -0.05) is 5.16 Å². The highest BCUT2D eigenvalue weighted by atomic mass is 32.2. The molecule has 1 atom stereocenters. The second-order valence-electron chi connectivity index (χ2n) is 6.49. The van der Waals surface area contributed by atoms with E-state index in [-0.39, 0.29) is 21.2 Å². The summed E-state index contributed by atoms with van der Waals surface area (Å²) in [6.07, 6.45) is 0. The van der Waals surface area contributed by atoms with Crippen molar-refractivity contribution in [2.24, 2.45) is 21.4 Å². The number of amides is 3.